The number of hydrogen-bond acceptors (Lipinski definition) is 5. The van der Waals surface area contributed by atoms with Crippen LogP contribution in [0.25, 0.3) is 0 Å². The van der Waals surface area contributed by atoms with E-state index in [-0.39, 0.29) is 0 Å². The van der Waals surface area contributed by atoms with E-state index in [9.17, 15) is 0 Å². The monoisotopic (exact) mass is 305 g/mol. The summed E-state index contributed by atoms with van der Waals surface area (Å²) in [6.07, 6.45) is 3.05. The first-order chi connectivity index (χ1) is 10.3. The molecule has 1 aromatic heterocycles. The number of aromatic nitrogens is 2. The van der Waals surface area contributed by atoms with Crippen LogP contribution >= 0.6 is 11.8 Å². The third-order valence-electron chi connectivity index (χ3n) is 3.02. The number of hydrogen-bond donors (Lipinski definition) is 1. The van der Waals surface area contributed by atoms with Gasteiger partial charge in [-0.15, -0.1) is 11.8 Å². The normalized spacial score (nSPS) is 11.0. The van der Waals surface area contributed by atoms with E-state index in [2.05, 4.69) is 53.6 Å². The van der Waals surface area contributed by atoms with Crippen molar-refractivity contribution in [3.05, 3.63) is 41.5 Å². The largest absolute Gasteiger partial charge is 0.339 e. The molecular weight excluding hydrogens is 282 g/mol. The minimum Gasteiger partial charge on any atom is -0.339 e. The highest BCUT2D eigenvalue weighted by molar-refractivity contribution is 7.98. The molecule has 2 aromatic rings. The Morgan fingerprint density at radius 3 is 2.67 bits per heavy atom. The Kier molecular flexibility index (Phi) is 6.76. The minimum absolute atomic E-state index is 0.741. The third kappa shape index (κ3) is 5.52. The Balaban J connectivity index is 1.79. The van der Waals surface area contributed by atoms with Crippen LogP contribution in [0.3, 0.4) is 0 Å². The van der Waals surface area contributed by atoms with Crippen molar-refractivity contribution in [1.82, 2.24) is 15.5 Å². The first kappa shape index (κ1) is 16.0. The van der Waals surface area contributed by atoms with Crippen molar-refractivity contribution >= 4 is 11.8 Å². The molecule has 0 atom stereocenters. The molecule has 0 saturated heterocycles. The highest BCUT2D eigenvalue weighted by Gasteiger charge is 2.06. The van der Waals surface area contributed by atoms with Gasteiger partial charge in [0, 0.05) is 17.9 Å². The third-order valence-corrected chi connectivity index (χ3v) is 4.03. The number of rotatable bonds is 9. The Bertz CT molecular complexity index is 525. The Morgan fingerprint density at radius 1 is 1.14 bits per heavy atom. The molecule has 1 aromatic carbocycles. The Labute approximate surface area is 130 Å². The Hall–Kier alpha value is -1.33. The fourth-order valence-corrected chi connectivity index (χ4v) is 2.67. The van der Waals surface area contributed by atoms with Crippen LogP contribution < -0.4 is 5.32 Å². The average molecular weight is 305 g/mol. The van der Waals surface area contributed by atoms with Crippen LogP contribution in [0, 0.1) is 0 Å². The summed E-state index contributed by atoms with van der Waals surface area (Å²) in [5.41, 5.74) is 1.32. The van der Waals surface area contributed by atoms with E-state index in [0.717, 1.165) is 43.4 Å². The number of thioether (sulfide) groups is 1. The summed E-state index contributed by atoms with van der Waals surface area (Å²) in [5, 5.41) is 7.40. The molecule has 0 amide bonds. The summed E-state index contributed by atoms with van der Waals surface area (Å²) in [7, 11) is 0. The summed E-state index contributed by atoms with van der Waals surface area (Å²) in [6, 6.07) is 8.65. The van der Waals surface area contributed by atoms with E-state index in [4.69, 9.17) is 4.52 Å². The molecule has 0 fully saturated rings. The lowest BCUT2D eigenvalue weighted by Crippen LogP contribution is -2.13. The molecule has 0 bridgehead atoms. The maximum Gasteiger partial charge on any atom is 0.226 e. The molecule has 0 aliphatic heterocycles. The van der Waals surface area contributed by atoms with Crippen LogP contribution in [0.5, 0.6) is 0 Å². The second-order valence-electron chi connectivity index (χ2n) is 4.96. The average Bonchev–Trinajstić information content (AvgIpc) is 2.95. The van der Waals surface area contributed by atoms with Crippen LogP contribution in [0.1, 0.15) is 44.0 Å². The molecular formula is C16H23N3OS. The van der Waals surface area contributed by atoms with Gasteiger partial charge in [0.2, 0.25) is 5.89 Å². The zero-order valence-corrected chi connectivity index (χ0v) is 13.6. The molecule has 0 radical (unpaired) electrons. The molecule has 0 spiro atoms. The minimum atomic E-state index is 0.741. The molecule has 21 heavy (non-hydrogen) atoms. The van der Waals surface area contributed by atoms with E-state index in [1.165, 1.54) is 16.9 Å². The SMILES string of the molecule is CCCNCc1ccc(SCc2noc(CCC)n2)cc1. The highest BCUT2D eigenvalue weighted by Crippen LogP contribution is 2.22. The van der Waals surface area contributed by atoms with Crippen LogP contribution in [0.4, 0.5) is 0 Å². The van der Waals surface area contributed by atoms with Gasteiger partial charge in [-0.2, -0.15) is 4.98 Å². The zero-order valence-electron chi connectivity index (χ0n) is 12.8. The molecule has 4 nitrogen and oxygen atoms in total. The van der Waals surface area contributed by atoms with Gasteiger partial charge in [-0.1, -0.05) is 31.1 Å². The molecule has 5 heteroatoms. The highest BCUT2D eigenvalue weighted by atomic mass is 32.2. The quantitative estimate of drug-likeness (QED) is 0.564. The van der Waals surface area contributed by atoms with E-state index >= 15 is 0 Å². The van der Waals surface area contributed by atoms with Gasteiger partial charge >= 0.3 is 0 Å². The van der Waals surface area contributed by atoms with Gasteiger partial charge < -0.3 is 9.84 Å². The molecule has 0 aliphatic rings. The van der Waals surface area contributed by atoms with E-state index < -0.39 is 0 Å². The summed E-state index contributed by atoms with van der Waals surface area (Å²) in [5.74, 6) is 2.27. The fraction of sp³-hybridized carbons (Fsp3) is 0.500. The van der Waals surface area contributed by atoms with Crippen molar-refractivity contribution in [3.63, 3.8) is 0 Å². The van der Waals surface area contributed by atoms with Crippen molar-refractivity contribution < 1.29 is 4.52 Å². The number of nitrogens with zero attached hydrogens (tertiary/aromatic N) is 2. The smallest absolute Gasteiger partial charge is 0.226 e. The first-order valence-corrected chi connectivity index (χ1v) is 8.54. The van der Waals surface area contributed by atoms with Crippen LogP contribution in [0.2, 0.25) is 0 Å². The van der Waals surface area contributed by atoms with Crippen molar-refractivity contribution in [2.45, 2.75) is 50.3 Å². The predicted octanol–water partition coefficient (Wildman–Crippen LogP) is 3.81. The van der Waals surface area contributed by atoms with Gasteiger partial charge in [-0.25, -0.2) is 0 Å². The number of nitrogens with one attached hydrogen (secondary N) is 1. The van der Waals surface area contributed by atoms with Crippen LogP contribution in [-0.2, 0) is 18.7 Å². The van der Waals surface area contributed by atoms with Gasteiger partial charge in [0.1, 0.15) is 0 Å². The number of aryl methyl sites for hydroxylation is 1. The van der Waals surface area contributed by atoms with Gasteiger partial charge in [0.25, 0.3) is 0 Å². The van der Waals surface area contributed by atoms with E-state index in [1.54, 1.807) is 11.8 Å². The standard InChI is InChI=1S/C16H23N3OS/c1-3-5-16-18-15(19-20-16)12-21-14-8-6-13(7-9-14)11-17-10-4-2/h6-9,17H,3-5,10-12H2,1-2H3. The van der Waals surface area contributed by atoms with Gasteiger partial charge in [0.15, 0.2) is 5.82 Å². The van der Waals surface area contributed by atoms with Crippen molar-refractivity contribution in [1.29, 1.82) is 0 Å². The van der Waals surface area contributed by atoms with Gasteiger partial charge in [-0.05, 0) is 37.1 Å². The lowest BCUT2D eigenvalue weighted by Gasteiger charge is -2.04. The fourth-order valence-electron chi connectivity index (χ4n) is 1.93. The predicted molar refractivity (Wildman–Crippen MR) is 86.3 cm³/mol. The van der Waals surface area contributed by atoms with E-state index in [0.29, 0.717) is 0 Å². The zero-order chi connectivity index (χ0) is 14.9. The summed E-state index contributed by atoms with van der Waals surface area (Å²) in [4.78, 5) is 5.61. The second kappa shape index (κ2) is 8.85. The maximum absolute atomic E-state index is 5.18. The van der Waals surface area contributed by atoms with Crippen LogP contribution in [-0.4, -0.2) is 16.7 Å². The molecule has 0 unspecified atom stereocenters. The lowest BCUT2D eigenvalue weighted by atomic mass is 10.2. The second-order valence-corrected chi connectivity index (χ2v) is 6.01. The van der Waals surface area contributed by atoms with Crippen molar-refractivity contribution in [3.8, 4) is 0 Å². The molecule has 0 saturated carbocycles. The molecule has 0 aliphatic carbocycles. The summed E-state index contributed by atoms with van der Waals surface area (Å²) < 4.78 is 5.18. The maximum atomic E-state index is 5.18. The topological polar surface area (TPSA) is 51.0 Å². The molecule has 114 valence electrons. The lowest BCUT2D eigenvalue weighted by molar-refractivity contribution is 0.373. The molecule has 1 N–H and O–H groups in total. The van der Waals surface area contributed by atoms with E-state index in [1.807, 2.05) is 0 Å². The molecule has 2 rings (SSSR count). The van der Waals surface area contributed by atoms with Crippen molar-refractivity contribution in [2.75, 3.05) is 6.54 Å². The first-order valence-electron chi connectivity index (χ1n) is 7.55. The summed E-state index contributed by atoms with van der Waals surface area (Å²) >= 11 is 1.74. The number of benzene rings is 1. The summed E-state index contributed by atoms with van der Waals surface area (Å²) in [6.45, 7) is 6.28. The van der Waals surface area contributed by atoms with Gasteiger partial charge in [0.05, 0.1) is 5.75 Å². The Morgan fingerprint density at radius 2 is 1.95 bits per heavy atom. The van der Waals surface area contributed by atoms with Gasteiger partial charge in [-0.3, -0.25) is 0 Å². The molecule has 1 heterocycles. The van der Waals surface area contributed by atoms with Crippen molar-refractivity contribution in [2.24, 2.45) is 0 Å². The van der Waals surface area contributed by atoms with Crippen LogP contribution in [0.15, 0.2) is 33.7 Å².